The molecule has 1 unspecified atom stereocenters. The average Bonchev–Trinajstić information content (AvgIpc) is 3.95. The summed E-state index contributed by atoms with van der Waals surface area (Å²) in [6.07, 6.45) is 20.3. The minimum atomic E-state index is -0.841. The predicted octanol–water partition coefficient (Wildman–Crippen LogP) is 13.4. The number of aliphatic hydroxyl groups excluding tert-OH is 1. The van der Waals surface area contributed by atoms with Crippen LogP contribution in [0, 0.1) is 0 Å². The number of rotatable bonds is 12. The Morgan fingerprint density at radius 3 is 1.06 bits per heavy atom. The van der Waals surface area contributed by atoms with Crippen LogP contribution in [-0.2, 0) is 19.3 Å². The number of halogens is 6. The summed E-state index contributed by atoms with van der Waals surface area (Å²) < 4.78 is 53.1. The molecule has 0 radical (unpaired) electrons. The van der Waals surface area contributed by atoms with Crippen LogP contribution in [0.1, 0.15) is 141 Å². The summed E-state index contributed by atoms with van der Waals surface area (Å²) in [6, 6.07) is 10.5. The molecule has 7 N–H and O–H groups in total. The van der Waals surface area contributed by atoms with Crippen LogP contribution in [0.25, 0.3) is 0 Å². The van der Waals surface area contributed by atoms with Gasteiger partial charge in [-0.25, -0.2) is 15.0 Å². The third-order valence-corrected chi connectivity index (χ3v) is 16.8. The molecule has 0 saturated heterocycles. The maximum atomic E-state index is 13.0. The zero-order valence-electron chi connectivity index (χ0n) is 44.2. The van der Waals surface area contributed by atoms with Crippen molar-refractivity contribution < 1.29 is 88.7 Å². The highest BCUT2D eigenvalue weighted by atomic mass is 35.5. The molecular formula is C59H67Cl6N3O15. The lowest BCUT2D eigenvalue weighted by atomic mass is 10.0. The van der Waals surface area contributed by atoms with Gasteiger partial charge in [0.2, 0.25) is 17.2 Å². The van der Waals surface area contributed by atoms with Crippen LogP contribution in [0.5, 0.6) is 51.7 Å². The minimum absolute atomic E-state index is 0. The molecule has 3 fully saturated rings. The molecule has 0 amide bonds. The number of carbonyl (C=O) groups is 2. The van der Waals surface area contributed by atoms with Crippen molar-refractivity contribution >= 4 is 81.2 Å². The maximum absolute atomic E-state index is 13.0. The predicted molar refractivity (Wildman–Crippen MR) is 309 cm³/mol. The molecule has 83 heavy (non-hydrogen) atoms. The molecule has 1 atom stereocenters. The molecule has 3 saturated carbocycles. The van der Waals surface area contributed by atoms with E-state index < -0.39 is 23.5 Å². The van der Waals surface area contributed by atoms with Gasteiger partial charge in [-0.05, 0) is 74.9 Å². The van der Waals surface area contributed by atoms with Gasteiger partial charge in [-0.2, -0.15) is 0 Å². The molecule has 6 aromatic rings. The number of ketones is 2. The third kappa shape index (κ3) is 13.8. The number of carbonyl (C=O) groups excluding carboxylic acids is 2. The summed E-state index contributed by atoms with van der Waals surface area (Å²) in [6.45, 7) is 0. The van der Waals surface area contributed by atoms with Crippen molar-refractivity contribution in [2.45, 2.75) is 135 Å². The fraction of sp³-hybridized carbons (Fsp3) is 0.407. The van der Waals surface area contributed by atoms with E-state index in [1.807, 2.05) is 0 Å². The Balaban J connectivity index is 0.000000221. The van der Waals surface area contributed by atoms with Crippen LogP contribution in [0.15, 0.2) is 73.6 Å². The summed E-state index contributed by atoms with van der Waals surface area (Å²) >= 11 is 37.2. The number of aliphatic hydroxyl groups is 1. The number of hydrogen-bond acceptors (Lipinski definition) is 15. The molecule has 24 heteroatoms. The highest BCUT2D eigenvalue weighted by Crippen LogP contribution is 2.56. The zero-order valence-corrected chi connectivity index (χ0v) is 48.7. The quantitative estimate of drug-likeness (QED) is 0.112. The number of Topliss-reactive ketones (excluding diaryl/α,β-unsaturated/α-hetero) is 2. The monoisotopic (exact) mass is 1270 g/mol. The largest absolute Gasteiger partial charge is 0.870 e. The summed E-state index contributed by atoms with van der Waals surface area (Å²) in [7, 11) is 4.73. The molecule has 6 heterocycles. The summed E-state index contributed by atoms with van der Waals surface area (Å²) in [5.74, 6) is 2.46. The van der Waals surface area contributed by atoms with Crippen LogP contribution in [0.2, 0.25) is 30.1 Å². The summed E-state index contributed by atoms with van der Waals surface area (Å²) in [5.41, 5.74) is 3.38. The third-order valence-electron chi connectivity index (χ3n) is 14.8. The molecule has 450 valence electrons. The van der Waals surface area contributed by atoms with Gasteiger partial charge in [0.1, 0.15) is 30.1 Å². The fourth-order valence-electron chi connectivity index (χ4n) is 10.7. The number of aromatic nitrogens is 3. The van der Waals surface area contributed by atoms with E-state index in [0.29, 0.717) is 115 Å². The fourth-order valence-corrected chi connectivity index (χ4v) is 12.3. The lowest BCUT2D eigenvalue weighted by Gasteiger charge is -2.22. The second-order valence-corrected chi connectivity index (χ2v) is 22.2. The Bertz CT molecular complexity index is 3080. The smallest absolute Gasteiger partial charge is 0.251 e. The Kier molecular flexibility index (Phi) is 23.3. The minimum Gasteiger partial charge on any atom is -0.870 e. The van der Waals surface area contributed by atoms with E-state index >= 15 is 0 Å². The van der Waals surface area contributed by atoms with Gasteiger partial charge in [-0.3, -0.25) is 9.59 Å². The maximum Gasteiger partial charge on any atom is 0.251 e. The number of fused-ring (bicyclic) bond motifs is 3. The topological polar surface area (TPSA) is 270 Å². The van der Waals surface area contributed by atoms with Crippen LogP contribution in [0.4, 0.5) is 0 Å². The number of aromatic amines is 3. The van der Waals surface area contributed by atoms with Crippen molar-refractivity contribution in [1.29, 1.82) is 0 Å². The van der Waals surface area contributed by atoms with Gasteiger partial charge in [0.15, 0.2) is 83.2 Å². The molecular weight excluding hydrogens is 1200 g/mol. The Labute approximate surface area is 511 Å². The van der Waals surface area contributed by atoms with Crippen molar-refractivity contribution in [2.24, 2.45) is 0 Å². The van der Waals surface area contributed by atoms with Crippen LogP contribution in [-0.4, -0.2) is 71.8 Å². The number of nitrogens with one attached hydrogen (secondary N) is 3. The number of benzene rings is 3. The molecule has 6 aliphatic rings. The van der Waals surface area contributed by atoms with Crippen LogP contribution >= 0.6 is 69.6 Å². The molecule has 3 spiro atoms. The second-order valence-electron chi connectivity index (χ2n) is 19.7. The van der Waals surface area contributed by atoms with Crippen LogP contribution < -0.4 is 57.6 Å². The molecule has 3 aliphatic heterocycles. The molecule has 0 bridgehead atoms. The Morgan fingerprint density at radius 2 is 0.735 bits per heavy atom. The van der Waals surface area contributed by atoms with E-state index in [4.69, 9.17) is 112 Å². The number of hydrogen-bond donors (Lipinski definition) is 1. The van der Waals surface area contributed by atoms with Gasteiger partial charge >= 0.3 is 0 Å². The van der Waals surface area contributed by atoms with Gasteiger partial charge < -0.3 is 64.2 Å². The van der Waals surface area contributed by atoms with E-state index in [9.17, 15) is 14.7 Å². The van der Waals surface area contributed by atoms with Crippen molar-refractivity contribution in [1.82, 2.24) is 0 Å². The van der Waals surface area contributed by atoms with Gasteiger partial charge in [0.25, 0.3) is 17.4 Å². The van der Waals surface area contributed by atoms with E-state index in [0.717, 1.165) is 77.0 Å². The number of ether oxygens (including phenoxy) is 9. The highest BCUT2D eigenvalue weighted by Gasteiger charge is 2.49. The molecule has 12 rings (SSSR count). The van der Waals surface area contributed by atoms with Gasteiger partial charge in [-0.1, -0.05) is 84.5 Å². The average molecular weight is 1270 g/mol. The van der Waals surface area contributed by atoms with Gasteiger partial charge in [0, 0.05) is 80.0 Å². The molecule has 3 aliphatic carbocycles. The van der Waals surface area contributed by atoms with Crippen molar-refractivity contribution in [3.05, 3.63) is 137 Å². The van der Waals surface area contributed by atoms with E-state index in [1.165, 1.54) is 0 Å². The first-order valence-electron chi connectivity index (χ1n) is 25.6. The standard InChI is InChI=1S/C19H19Cl2NO4.2C19H17Cl2NO4.2CH4.3H2O/c3*1-24-16-5-4-11(15(23)8-12-13(20)9-22-10-14(12)21)17-18(16)26-19(25-17)6-2-3-7-19;;;;;/h4-5,9-10,15,23H,2-3,6-8H2,1H3;2*4-5,9-10H,2-3,6-8H2,1H3;2*1H4;3*1H2. The van der Waals surface area contributed by atoms with Crippen molar-refractivity contribution in [3.8, 4) is 51.7 Å². The van der Waals surface area contributed by atoms with E-state index in [-0.39, 0.29) is 62.1 Å². The zero-order chi connectivity index (χ0) is 54.9. The number of H-pyrrole nitrogens is 3. The lowest BCUT2D eigenvalue weighted by molar-refractivity contribution is -0.378. The van der Waals surface area contributed by atoms with Crippen molar-refractivity contribution in [2.75, 3.05) is 21.3 Å². The van der Waals surface area contributed by atoms with E-state index in [1.54, 1.807) is 94.9 Å². The van der Waals surface area contributed by atoms with Crippen molar-refractivity contribution in [3.63, 3.8) is 0 Å². The lowest BCUT2D eigenvalue weighted by Crippen LogP contribution is -2.34. The highest BCUT2D eigenvalue weighted by molar-refractivity contribution is 6.37. The first-order chi connectivity index (χ1) is 37.6. The SMILES string of the molecule is C.C.COc1ccc(C(=O)Cc2c(Cl)c[nH+]cc2Cl)c2c1OC1(CCCC1)O2.COc1ccc(C(=O)Cc2c(Cl)c[nH+]cc2Cl)c2c1OC1(CCCC1)O2.COc1ccc(C(O)Cc2c(Cl)c[nH+]cc2Cl)c2c1OC1(CCCC1)O2.[OH-].[OH-].[OH-]. The number of methoxy groups -OCH3 is 3. The summed E-state index contributed by atoms with van der Waals surface area (Å²) in [5, 5.41) is 13.5. The Hall–Kier alpha value is -5.77. The first kappa shape index (κ1) is 68.0. The number of pyridine rings is 3. The summed E-state index contributed by atoms with van der Waals surface area (Å²) in [4.78, 5) is 34.5. The normalized spacial score (nSPS) is 16.3. The molecule has 3 aromatic carbocycles. The first-order valence-corrected chi connectivity index (χ1v) is 27.9. The van der Waals surface area contributed by atoms with Crippen LogP contribution in [0.3, 0.4) is 0 Å². The Morgan fingerprint density at radius 1 is 0.458 bits per heavy atom. The molecule has 3 aromatic heterocycles. The van der Waals surface area contributed by atoms with E-state index in [2.05, 4.69) is 15.0 Å². The van der Waals surface area contributed by atoms with Gasteiger partial charge in [0.05, 0.1) is 38.6 Å². The second kappa shape index (κ2) is 28.4. The molecule has 18 nitrogen and oxygen atoms in total. The van der Waals surface area contributed by atoms with Gasteiger partial charge in [-0.15, -0.1) is 0 Å².